The maximum Gasteiger partial charge on any atom is 0.337 e. The van der Waals surface area contributed by atoms with Gasteiger partial charge in [0, 0.05) is 25.7 Å². The highest BCUT2D eigenvalue weighted by atomic mass is 32.2. The summed E-state index contributed by atoms with van der Waals surface area (Å²) in [6, 6.07) is 4.27. The number of aromatic nitrogens is 1. The van der Waals surface area contributed by atoms with Crippen LogP contribution in [0.1, 0.15) is 30.6 Å². The summed E-state index contributed by atoms with van der Waals surface area (Å²) in [5.41, 5.74) is -0.0821. The molecule has 8 heteroatoms. The Morgan fingerprint density at radius 2 is 2.14 bits per heavy atom. The largest absolute Gasteiger partial charge is 0.478 e. The van der Waals surface area contributed by atoms with Crippen molar-refractivity contribution in [2.75, 3.05) is 13.1 Å². The van der Waals surface area contributed by atoms with Gasteiger partial charge in [0.15, 0.2) is 5.03 Å². The van der Waals surface area contributed by atoms with Gasteiger partial charge in [0.2, 0.25) is 0 Å². The van der Waals surface area contributed by atoms with Crippen LogP contribution in [0.3, 0.4) is 0 Å². The van der Waals surface area contributed by atoms with E-state index in [0.29, 0.717) is 0 Å². The number of pyridine rings is 1. The lowest BCUT2D eigenvalue weighted by atomic mass is 10.2. The Bertz CT molecular complexity index is 632. The van der Waals surface area contributed by atoms with Crippen LogP contribution in [0.15, 0.2) is 23.4 Å². The molecule has 0 saturated carbocycles. The van der Waals surface area contributed by atoms with Crippen molar-refractivity contribution in [1.82, 2.24) is 9.29 Å². The lowest BCUT2D eigenvalue weighted by molar-refractivity contribution is 0.0696. The van der Waals surface area contributed by atoms with Crippen LogP contribution >= 0.6 is 0 Å². The Hall–Kier alpha value is -1.98. The fraction of sp³-hybridized carbons (Fsp3) is 0.462. The molecule has 114 valence electrons. The van der Waals surface area contributed by atoms with Gasteiger partial charge in [0.05, 0.1) is 11.6 Å². The number of rotatable bonds is 7. The monoisotopic (exact) mass is 311 g/mol. The van der Waals surface area contributed by atoms with Crippen molar-refractivity contribution in [3.63, 3.8) is 0 Å². The molecular formula is C13H17N3O4S. The summed E-state index contributed by atoms with van der Waals surface area (Å²) in [6.45, 7) is 4.09. The first-order valence-corrected chi connectivity index (χ1v) is 7.79. The fourth-order valence-corrected chi connectivity index (χ4v) is 3.20. The lowest BCUT2D eigenvalue weighted by Gasteiger charge is -2.22. The van der Waals surface area contributed by atoms with Crippen LogP contribution in [0.4, 0.5) is 0 Å². The minimum absolute atomic E-state index is 0.0821. The summed E-state index contributed by atoms with van der Waals surface area (Å²) in [4.78, 5) is 14.5. The summed E-state index contributed by atoms with van der Waals surface area (Å²) in [6.07, 6.45) is 1.09. The van der Waals surface area contributed by atoms with Crippen molar-refractivity contribution >= 4 is 16.0 Å². The normalized spacial score (nSPS) is 11.6. The zero-order valence-corrected chi connectivity index (χ0v) is 12.7. The van der Waals surface area contributed by atoms with E-state index in [4.69, 9.17) is 10.4 Å². The van der Waals surface area contributed by atoms with Crippen molar-refractivity contribution in [3.05, 3.63) is 23.9 Å². The molecule has 21 heavy (non-hydrogen) atoms. The molecule has 0 unspecified atom stereocenters. The van der Waals surface area contributed by atoms with Gasteiger partial charge in [-0.2, -0.15) is 9.57 Å². The Labute approximate surface area is 123 Å². The van der Waals surface area contributed by atoms with Crippen LogP contribution in [0, 0.1) is 17.2 Å². The molecule has 1 N–H and O–H groups in total. The number of nitrogens with zero attached hydrogens (tertiary/aromatic N) is 3. The van der Waals surface area contributed by atoms with Crippen LogP contribution in [0.2, 0.25) is 0 Å². The first kappa shape index (κ1) is 17.1. The molecule has 0 bridgehead atoms. The van der Waals surface area contributed by atoms with E-state index < -0.39 is 16.0 Å². The number of carboxylic acids is 1. The smallest absolute Gasteiger partial charge is 0.337 e. The molecule has 1 aromatic rings. The first-order chi connectivity index (χ1) is 9.78. The maximum absolute atomic E-state index is 12.5. The summed E-state index contributed by atoms with van der Waals surface area (Å²) < 4.78 is 26.1. The molecular weight excluding hydrogens is 294 g/mol. The van der Waals surface area contributed by atoms with Gasteiger partial charge in [-0.25, -0.2) is 18.2 Å². The van der Waals surface area contributed by atoms with E-state index >= 15 is 0 Å². The third kappa shape index (κ3) is 4.51. The molecule has 0 aliphatic carbocycles. The molecule has 1 aromatic heterocycles. The summed E-state index contributed by atoms with van der Waals surface area (Å²) in [5, 5.41) is 17.2. The SMILES string of the molecule is CC(C)CN(CCC#N)S(=O)(=O)c1ccc(C(=O)O)cn1. The van der Waals surface area contributed by atoms with Gasteiger partial charge in [-0.3, -0.25) is 0 Å². The zero-order valence-electron chi connectivity index (χ0n) is 11.9. The summed E-state index contributed by atoms with van der Waals surface area (Å²) >= 11 is 0. The number of hydrogen-bond donors (Lipinski definition) is 1. The Kier molecular flexibility index (Phi) is 5.81. The average molecular weight is 311 g/mol. The van der Waals surface area contributed by atoms with Crippen molar-refractivity contribution in [2.45, 2.75) is 25.3 Å². The van der Waals surface area contributed by atoms with Gasteiger partial charge < -0.3 is 5.11 Å². The van der Waals surface area contributed by atoms with E-state index in [-0.39, 0.29) is 36.0 Å². The van der Waals surface area contributed by atoms with Crippen molar-refractivity contribution in [1.29, 1.82) is 5.26 Å². The van der Waals surface area contributed by atoms with Gasteiger partial charge in [-0.1, -0.05) is 13.8 Å². The van der Waals surface area contributed by atoms with E-state index in [1.54, 1.807) is 0 Å². The molecule has 0 atom stereocenters. The van der Waals surface area contributed by atoms with Crippen molar-refractivity contribution < 1.29 is 18.3 Å². The minimum Gasteiger partial charge on any atom is -0.478 e. The Morgan fingerprint density at radius 3 is 2.57 bits per heavy atom. The summed E-state index contributed by atoms with van der Waals surface area (Å²) in [5.74, 6) is -1.08. The number of carbonyl (C=O) groups is 1. The predicted octanol–water partition coefficient (Wildman–Crippen LogP) is 1.34. The van der Waals surface area contributed by atoms with Crippen LogP contribution < -0.4 is 0 Å². The molecule has 0 amide bonds. The van der Waals surface area contributed by atoms with Gasteiger partial charge >= 0.3 is 5.97 Å². The third-order valence-electron chi connectivity index (χ3n) is 2.63. The highest BCUT2D eigenvalue weighted by Gasteiger charge is 2.26. The molecule has 0 saturated heterocycles. The number of sulfonamides is 1. The van der Waals surface area contributed by atoms with Crippen molar-refractivity contribution in [3.8, 4) is 6.07 Å². The fourth-order valence-electron chi connectivity index (χ4n) is 1.68. The first-order valence-electron chi connectivity index (χ1n) is 6.35. The van der Waals surface area contributed by atoms with Crippen LogP contribution in [-0.2, 0) is 10.0 Å². The topological polar surface area (TPSA) is 111 Å². The second-order valence-corrected chi connectivity index (χ2v) is 6.74. The number of nitriles is 1. The van der Waals surface area contributed by atoms with Crippen LogP contribution in [0.5, 0.6) is 0 Å². The average Bonchev–Trinajstić information content (AvgIpc) is 2.43. The zero-order chi connectivity index (χ0) is 16.0. The van der Waals surface area contributed by atoms with Gasteiger partial charge in [0.25, 0.3) is 10.0 Å². The van der Waals surface area contributed by atoms with E-state index in [1.807, 2.05) is 19.9 Å². The minimum atomic E-state index is -3.83. The Balaban J connectivity index is 3.09. The number of aromatic carboxylic acids is 1. The molecule has 0 aromatic carbocycles. The number of hydrogen-bond acceptors (Lipinski definition) is 5. The number of carboxylic acid groups (broad SMARTS) is 1. The second kappa shape index (κ2) is 7.15. The standard InChI is InChI=1S/C13H17N3O4S/c1-10(2)9-16(7-3-6-14)21(19,20)12-5-4-11(8-15-12)13(17)18/h4-5,8,10H,3,7,9H2,1-2H3,(H,17,18). The second-order valence-electron chi connectivity index (χ2n) is 4.86. The molecule has 7 nitrogen and oxygen atoms in total. The van der Waals surface area contributed by atoms with E-state index in [0.717, 1.165) is 6.20 Å². The predicted molar refractivity (Wildman–Crippen MR) is 75.0 cm³/mol. The molecule has 0 spiro atoms. The summed E-state index contributed by atoms with van der Waals surface area (Å²) in [7, 11) is -3.83. The van der Waals surface area contributed by atoms with Gasteiger partial charge in [-0.15, -0.1) is 0 Å². The van der Waals surface area contributed by atoms with Gasteiger partial charge in [0.1, 0.15) is 0 Å². The maximum atomic E-state index is 12.5. The molecule has 0 aliphatic heterocycles. The lowest BCUT2D eigenvalue weighted by Crippen LogP contribution is -2.35. The highest BCUT2D eigenvalue weighted by molar-refractivity contribution is 7.89. The molecule has 0 fully saturated rings. The quantitative estimate of drug-likeness (QED) is 0.813. The van der Waals surface area contributed by atoms with E-state index in [1.165, 1.54) is 16.4 Å². The van der Waals surface area contributed by atoms with Crippen LogP contribution in [0.25, 0.3) is 0 Å². The van der Waals surface area contributed by atoms with E-state index in [2.05, 4.69) is 4.98 Å². The van der Waals surface area contributed by atoms with Crippen LogP contribution in [-0.4, -0.2) is 41.9 Å². The highest BCUT2D eigenvalue weighted by Crippen LogP contribution is 2.16. The van der Waals surface area contributed by atoms with Gasteiger partial charge in [-0.05, 0) is 18.1 Å². The molecule has 1 heterocycles. The van der Waals surface area contributed by atoms with E-state index in [9.17, 15) is 13.2 Å². The molecule has 0 radical (unpaired) electrons. The molecule has 0 aliphatic rings. The third-order valence-corrected chi connectivity index (χ3v) is 4.41. The Morgan fingerprint density at radius 1 is 1.48 bits per heavy atom. The van der Waals surface area contributed by atoms with Crippen molar-refractivity contribution in [2.24, 2.45) is 5.92 Å². The molecule has 1 rings (SSSR count).